The molecular formula is C29H45F6N5O2. The maximum Gasteiger partial charge on any atom is 0.393 e. The first-order valence-electron chi connectivity index (χ1n) is 15.7. The van der Waals surface area contributed by atoms with E-state index in [9.17, 15) is 31.1 Å². The lowest BCUT2D eigenvalue weighted by Gasteiger charge is -2.52. The maximum atomic E-state index is 14.4. The fraction of sp³-hybridized carbons (Fsp3) is 0.966. The monoisotopic (exact) mass is 609 g/mol. The van der Waals surface area contributed by atoms with E-state index < -0.39 is 48.0 Å². The first kappa shape index (κ1) is 30.9. The van der Waals surface area contributed by atoms with E-state index in [0.717, 1.165) is 38.8 Å². The number of hydrogen-bond acceptors (Lipinski definition) is 6. The molecule has 2 saturated carbocycles. The molecule has 6 rings (SSSR count). The molecular weight excluding hydrogens is 564 g/mol. The number of carbonyl (C=O) groups excluding carboxylic acids is 1. The lowest BCUT2D eigenvalue weighted by atomic mass is 9.64. The number of carbonyl (C=O) groups is 1. The smallest absolute Gasteiger partial charge is 0.380 e. The Morgan fingerprint density at radius 3 is 2.33 bits per heavy atom. The molecule has 0 bridgehead atoms. The molecule has 9 atom stereocenters. The van der Waals surface area contributed by atoms with Gasteiger partial charge in [0, 0.05) is 36.5 Å². The van der Waals surface area contributed by atoms with Gasteiger partial charge in [0.05, 0.1) is 37.9 Å². The lowest BCUT2D eigenvalue weighted by molar-refractivity contribution is -0.204. The van der Waals surface area contributed by atoms with E-state index in [1.54, 1.807) is 9.80 Å². The molecule has 1 amide bonds. The Morgan fingerprint density at radius 2 is 1.74 bits per heavy atom. The summed E-state index contributed by atoms with van der Waals surface area (Å²) in [6.07, 6.45) is -3.95. The second-order valence-electron chi connectivity index (χ2n) is 14.2. The van der Waals surface area contributed by atoms with Crippen molar-refractivity contribution in [3.63, 3.8) is 0 Å². The minimum absolute atomic E-state index is 0.00750. The van der Waals surface area contributed by atoms with Crippen molar-refractivity contribution in [1.29, 1.82) is 0 Å². The summed E-state index contributed by atoms with van der Waals surface area (Å²) in [5.41, 5.74) is 6.49. The first-order chi connectivity index (χ1) is 19.8. The Balaban J connectivity index is 1.14. The van der Waals surface area contributed by atoms with E-state index in [1.165, 1.54) is 6.92 Å². The number of halogens is 6. The van der Waals surface area contributed by atoms with Gasteiger partial charge in [-0.05, 0) is 83.2 Å². The van der Waals surface area contributed by atoms with Gasteiger partial charge in [-0.1, -0.05) is 6.42 Å². The van der Waals surface area contributed by atoms with Crippen LogP contribution >= 0.6 is 0 Å². The molecule has 4 saturated heterocycles. The molecule has 0 aromatic heterocycles. The molecule has 6 fully saturated rings. The van der Waals surface area contributed by atoms with Crippen molar-refractivity contribution in [3.05, 3.63) is 0 Å². The van der Waals surface area contributed by atoms with Crippen LogP contribution in [0.1, 0.15) is 58.3 Å². The van der Waals surface area contributed by atoms with Gasteiger partial charge in [-0.2, -0.15) is 26.3 Å². The molecule has 0 aromatic carbocycles. The van der Waals surface area contributed by atoms with Gasteiger partial charge in [0.2, 0.25) is 5.91 Å². The van der Waals surface area contributed by atoms with Crippen LogP contribution in [-0.2, 0) is 9.53 Å². The van der Waals surface area contributed by atoms with Crippen LogP contribution in [0.25, 0.3) is 0 Å². The van der Waals surface area contributed by atoms with Gasteiger partial charge in [0.25, 0.3) is 0 Å². The number of fused-ring (bicyclic) bond motifs is 1. The Morgan fingerprint density at radius 1 is 1.00 bits per heavy atom. The highest BCUT2D eigenvalue weighted by molar-refractivity contribution is 5.82. The van der Waals surface area contributed by atoms with Crippen LogP contribution in [0, 0.1) is 40.9 Å². The highest BCUT2D eigenvalue weighted by atomic mass is 19.4. The average molecular weight is 610 g/mol. The number of hydrazine groups is 1. The van der Waals surface area contributed by atoms with E-state index >= 15 is 0 Å². The summed E-state index contributed by atoms with van der Waals surface area (Å²) in [4.78, 5) is 19.5. The van der Waals surface area contributed by atoms with Crippen molar-refractivity contribution >= 4 is 5.91 Å². The Bertz CT molecular complexity index is 993. The van der Waals surface area contributed by atoms with Crippen LogP contribution < -0.4 is 10.9 Å². The van der Waals surface area contributed by atoms with Crippen LogP contribution in [0.15, 0.2) is 0 Å². The summed E-state index contributed by atoms with van der Waals surface area (Å²) in [5, 5.41) is 0. The molecule has 0 spiro atoms. The fourth-order valence-electron chi connectivity index (χ4n) is 9.39. The first-order valence-corrected chi connectivity index (χ1v) is 15.7. The normalized spacial score (nSPS) is 41.8. The largest absolute Gasteiger partial charge is 0.393 e. The molecule has 7 nitrogen and oxygen atoms in total. The van der Waals surface area contributed by atoms with Gasteiger partial charge in [-0.15, -0.1) is 0 Å². The quantitative estimate of drug-likeness (QED) is 0.441. The number of alkyl halides is 6. The third-order valence-corrected chi connectivity index (χ3v) is 11.9. The van der Waals surface area contributed by atoms with Gasteiger partial charge in [-0.3, -0.25) is 14.6 Å². The Hall–Kier alpha value is -1.15. The predicted molar refractivity (Wildman–Crippen MR) is 142 cm³/mol. The number of nitrogens with zero attached hydrogens (tertiary/aromatic N) is 3. The zero-order chi connectivity index (χ0) is 30.0. The van der Waals surface area contributed by atoms with Crippen molar-refractivity contribution < 1.29 is 35.9 Å². The molecule has 9 unspecified atom stereocenters. The predicted octanol–water partition coefficient (Wildman–Crippen LogP) is 4.21. The van der Waals surface area contributed by atoms with Crippen LogP contribution in [0.2, 0.25) is 0 Å². The van der Waals surface area contributed by atoms with Crippen molar-refractivity contribution in [1.82, 2.24) is 25.6 Å². The molecule has 4 aliphatic heterocycles. The zero-order valence-corrected chi connectivity index (χ0v) is 24.5. The summed E-state index contributed by atoms with van der Waals surface area (Å²) in [5.74, 6) is -4.84. The van der Waals surface area contributed by atoms with E-state index in [4.69, 9.17) is 4.74 Å². The summed E-state index contributed by atoms with van der Waals surface area (Å²) >= 11 is 0. The van der Waals surface area contributed by atoms with Crippen LogP contribution in [0.4, 0.5) is 26.3 Å². The summed E-state index contributed by atoms with van der Waals surface area (Å²) in [7, 11) is 2.06. The van der Waals surface area contributed by atoms with Crippen LogP contribution in [0.3, 0.4) is 0 Å². The number of ether oxygens (including phenoxy) is 1. The molecule has 4 heterocycles. The van der Waals surface area contributed by atoms with E-state index in [2.05, 4.69) is 22.8 Å². The van der Waals surface area contributed by atoms with Gasteiger partial charge < -0.3 is 9.64 Å². The average Bonchev–Trinajstić information content (AvgIpc) is 3.57. The summed E-state index contributed by atoms with van der Waals surface area (Å²) < 4.78 is 89.3. The zero-order valence-electron chi connectivity index (χ0n) is 24.5. The third kappa shape index (κ3) is 5.70. The summed E-state index contributed by atoms with van der Waals surface area (Å²) in [6.45, 7) is 4.15. The number of hydrogen-bond donors (Lipinski definition) is 2. The van der Waals surface area contributed by atoms with Crippen LogP contribution in [0.5, 0.6) is 0 Å². The van der Waals surface area contributed by atoms with Crippen LogP contribution in [-0.4, -0.2) is 97.8 Å². The topological polar surface area (TPSA) is 60.1 Å². The minimum atomic E-state index is -4.44. The summed E-state index contributed by atoms with van der Waals surface area (Å²) in [6, 6.07) is -0.843. The maximum absolute atomic E-state index is 14.4. The molecule has 6 aliphatic rings. The highest BCUT2D eigenvalue weighted by Gasteiger charge is 2.59. The van der Waals surface area contributed by atoms with Crippen molar-refractivity contribution in [2.45, 2.75) is 88.9 Å². The molecule has 13 heteroatoms. The van der Waals surface area contributed by atoms with Gasteiger partial charge >= 0.3 is 12.4 Å². The number of nitrogens with one attached hydrogen (secondary N) is 2. The van der Waals surface area contributed by atoms with Crippen molar-refractivity contribution in [2.24, 2.45) is 40.9 Å². The van der Waals surface area contributed by atoms with Crippen molar-refractivity contribution in [3.8, 4) is 0 Å². The number of rotatable bonds is 6. The van der Waals surface area contributed by atoms with Crippen molar-refractivity contribution in [2.75, 3.05) is 46.6 Å². The molecule has 2 aliphatic carbocycles. The molecule has 240 valence electrons. The van der Waals surface area contributed by atoms with E-state index in [1.807, 2.05) is 0 Å². The third-order valence-electron chi connectivity index (χ3n) is 11.9. The number of likely N-dealkylation sites (tertiary alicyclic amines) is 2. The second kappa shape index (κ2) is 11.3. The molecule has 42 heavy (non-hydrogen) atoms. The van der Waals surface area contributed by atoms with Gasteiger partial charge in [0.1, 0.15) is 0 Å². The SMILES string of the molecule is CC1C(C(F)(F)F)CCN1CC1CC2C(=O)N(C3CCCC(C4(CC5NNCN5C)COC4)C3)CC2C(C(F)(F)F)C1. The standard InChI is InChI=1S/C29H45F6N5O2/c1-17-23(28(30,31)32)6-7-39(17)12-18-8-21-22(24(9-18)29(33,34)35)13-40(26(21)41)20-5-3-4-19(10-20)27(14-42-15-27)11-25-37-36-16-38(25)2/h17-25,36-37H,3-16H2,1-2H3. The molecule has 2 N–H and O–H groups in total. The minimum Gasteiger partial charge on any atom is -0.380 e. The van der Waals surface area contributed by atoms with E-state index in [-0.39, 0.29) is 56.0 Å². The second-order valence-corrected chi connectivity index (χ2v) is 14.2. The fourth-order valence-corrected chi connectivity index (χ4v) is 9.39. The Kier molecular flexibility index (Phi) is 8.33. The Labute approximate surface area is 244 Å². The number of amides is 1. The van der Waals surface area contributed by atoms with Gasteiger partial charge in [-0.25, -0.2) is 10.9 Å². The van der Waals surface area contributed by atoms with E-state index in [0.29, 0.717) is 25.6 Å². The lowest BCUT2D eigenvalue weighted by Crippen LogP contribution is -2.56. The molecule has 0 aromatic rings. The van der Waals surface area contributed by atoms with Gasteiger partial charge in [0.15, 0.2) is 0 Å². The molecule has 0 radical (unpaired) electrons. The highest BCUT2D eigenvalue weighted by Crippen LogP contribution is 2.53.